The van der Waals surface area contributed by atoms with Gasteiger partial charge in [-0.25, -0.2) is 0 Å². The number of hydrogen-bond acceptors (Lipinski definition) is 3. The van der Waals surface area contributed by atoms with Crippen molar-refractivity contribution in [2.24, 2.45) is 10.9 Å². The molecule has 6 heteroatoms. The minimum atomic E-state index is 0. The maximum absolute atomic E-state index is 4.42. The molecule has 22 heavy (non-hydrogen) atoms. The molecule has 3 aliphatic rings. The highest BCUT2D eigenvalue weighted by Gasteiger charge is 2.38. The molecule has 1 aliphatic carbocycles. The van der Waals surface area contributed by atoms with Crippen LogP contribution in [-0.4, -0.2) is 60.6 Å². The highest BCUT2D eigenvalue weighted by Crippen LogP contribution is 2.33. The summed E-state index contributed by atoms with van der Waals surface area (Å²) in [4.78, 5) is 7.10. The van der Waals surface area contributed by atoms with E-state index in [2.05, 4.69) is 39.2 Å². The Morgan fingerprint density at radius 3 is 2.59 bits per heavy atom. The first-order valence-electron chi connectivity index (χ1n) is 8.57. The van der Waals surface area contributed by atoms with E-state index in [0.717, 1.165) is 30.5 Å². The average molecular weight is 438 g/mol. The van der Waals surface area contributed by atoms with E-state index in [9.17, 15) is 0 Å². The number of likely N-dealkylation sites (tertiary alicyclic amines) is 1. The van der Waals surface area contributed by atoms with Crippen molar-refractivity contribution in [3.05, 3.63) is 0 Å². The van der Waals surface area contributed by atoms with Crippen LogP contribution in [0, 0.1) is 5.92 Å². The number of guanidine groups is 1. The van der Waals surface area contributed by atoms with E-state index in [-0.39, 0.29) is 24.0 Å². The molecule has 2 heterocycles. The average Bonchev–Trinajstić information content (AvgIpc) is 3.28. The van der Waals surface area contributed by atoms with Gasteiger partial charge in [0.1, 0.15) is 0 Å². The van der Waals surface area contributed by atoms with E-state index < -0.39 is 0 Å². The highest BCUT2D eigenvalue weighted by molar-refractivity contribution is 14.0. The fourth-order valence-corrected chi connectivity index (χ4v) is 4.86. The third-order valence-electron chi connectivity index (χ3n) is 5.10. The van der Waals surface area contributed by atoms with Gasteiger partial charge in [0.25, 0.3) is 0 Å². The fourth-order valence-electron chi connectivity index (χ4n) is 3.66. The van der Waals surface area contributed by atoms with Gasteiger partial charge in [-0.1, -0.05) is 0 Å². The summed E-state index contributed by atoms with van der Waals surface area (Å²) < 4.78 is 0. The molecule has 0 bridgehead atoms. The number of nitrogens with one attached hydrogen (secondary N) is 2. The van der Waals surface area contributed by atoms with Crippen LogP contribution in [0.1, 0.15) is 39.0 Å². The van der Waals surface area contributed by atoms with Crippen LogP contribution in [0.25, 0.3) is 0 Å². The first-order valence-corrected chi connectivity index (χ1v) is 9.72. The molecule has 0 aromatic heterocycles. The molecule has 0 aromatic rings. The third kappa shape index (κ3) is 5.16. The summed E-state index contributed by atoms with van der Waals surface area (Å²) in [5, 5.41) is 7.19. The topological polar surface area (TPSA) is 39.7 Å². The van der Waals surface area contributed by atoms with E-state index in [1.165, 1.54) is 50.2 Å². The lowest BCUT2D eigenvalue weighted by atomic mass is 10.0. The number of thioether (sulfide) groups is 1. The van der Waals surface area contributed by atoms with E-state index >= 15 is 0 Å². The van der Waals surface area contributed by atoms with Crippen molar-refractivity contribution in [3.63, 3.8) is 0 Å². The molecule has 2 N–H and O–H groups in total. The van der Waals surface area contributed by atoms with Crippen molar-refractivity contribution >= 4 is 41.7 Å². The summed E-state index contributed by atoms with van der Waals surface area (Å²) in [6.07, 6.45) is 6.76. The lowest BCUT2D eigenvalue weighted by molar-refractivity contribution is 0.256. The maximum Gasteiger partial charge on any atom is 0.191 e. The number of hydrogen-bond donors (Lipinski definition) is 2. The van der Waals surface area contributed by atoms with Crippen molar-refractivity contribution in [1.82, 2.24) is 15.5 Å². The molecule has 3 rings (SSSR count). The van der Waals surface area contributed by atoms with Gasteiger partial charge in [-0.05, 0) is 56.5 Å². The Morgan fingerprint density at radius 2 is 1.95 bits per heavy atom. The van der Waals surface area contributed by atoms with Gasteiger partial charge in [0.05, 0.1) is 0 Å². The lowest BCUT2D eigenvalue weighted by Gasteiger charge is -2.24. The second-order valence-corrected chi connectivity index (χ2v) is 8.09. The molecule has 0 spiro atoms. The molecule has 2 saturated heterocycles. The van der Waals surface area contributed by atoms with E-state index in [1.807, 2.05) is 7.05 Å². The number of nitrogens with zero attached hydrogens (tertiary/aromatic N) is 2. The molecule has 0 radical (unpaired) electrons. The van der Waals surface area contributed by atoms with Crippen LogP contribution in [0.3, 0.4) is 0 Å². The fraction of sp³-hybridized carbons (Fsp3) is 0.938. The van der Waals surface area contributed by atoms with Crippen molar-refractivity contribution in [1.29, 1.82) is 0 Å². The van der Waals surface area contributed by atoms with Crippen molar-refractivity contribution in [2.45, 2.75) is 57.2 Å². The molecule has 4 nitrogen and oxygen atoms in total. The van der Waals surface area contributed by atoms with Gasteiger partial charge >= 0.3 is 0 Å². The Kier molecular flexibility index (Phi) is 7.60. The van der Waals surface area contributed by atoms with Gasteiger partial charge < -0.3 is 10.6 Å². The number of aliphatic imine (C=N–C) groups is 1. The van der Waals surface area contributed by atoms with Crippen molar-refractivity contribution in [2.75, 3.05) is 31.6 Å². The molecule has 0 aromatic carbocycles. The quantitative estimate of drug-likeness (QED) is 0.402. The van der Waals surface area contributed by atoms with Gasteiger partial charge in [0, 0.05) is 38.3 Å². The van der Waals surface area contributed by atoms with Crippen LogP contribution in [-0.2, 0) is 0 Å². The summed E-state index contributed by atoms with van der Waals surface area (Å²) in [7, 11) is 1.89. The van der Waals surface area contributed by atoms with Gasteiger partial charge in [-0.15, -0.1) is 24.0 Å². The SMILES string of the molecule is CN=C(NCC1CCSCC1)NC1CC(C)N(C2CC2)C1.I. The van der Waals surface area contributed by atoms with E-state index in [4.69, 9.17) is 0 Å². The summed E-state index contributed by atoms with van der Waals surface area (Å²) >= 11 is 2.09. The summed E-state index contributed by atoms with van der Waals surface area (Å²) in [6, 6.07) is 2.17. The molecule has 3 fully saturated rings. The van der Waals surface area contributed by atoms with Gasteiger partial charge in [0.15, 0.2) is 5.96 Å². The Balaban J connectivity index is 0.00000176. The maximum atomic E-state index is 4.42. The van der Waals surface area contributed by atoms with Crippen molar-refractivity contribution < 1.29 is 0 Å². The standard InChI is InChI=1S/C16H30N4S.HI/c1-12-9-14(11-20(12)15-3-4-15)19-16(17-2)18-10-13-5-7-21-8-6-13;/h12-15H,3-11H2,1-2H3,(H2,17,18,19);1H. The van der Waals surface area contributed by atoms with Crippen LogP contribution < -0.4 is 10.6 Å². The molecular weight excluding hydrogens is 407 g/mol. The van der Waals surface area contributed by atoms with Gasteiger partial charge in [-0.3, -0.25) is 9.89 Å². The Labute approximate surface area is 156 Å². The minimum Gasteiger partial charge on any atom is -0.356 e. The van der Waals surface area contributed by atoms with E-state index in [0.29, 0.717) is 6.04 Å². The Hall–Kier alpha value is 0.310. The number of rotatable bonds is 4. The number of halogens is 1. The predicted octanol–water partition coefficient (Wildman–Crippen LogP) is 2.54. The first-order chi connectivity index (χ1) is 10.3. The largest absolute Gasteiger partial charge is 0.356 e. The second kappa shape index (κ2) is 8.97. The van der Waals surface area contributed by atoms with Crippen molar-refractivity contribution in [3.8, 4) is 0 Å². The van der Waals surface area contributed by atoms with Crippen LogP contribution in [0.5, 0.6) is 0 Å². The van der Waals surface area contributed by atoms with Crippen LogP contribution in [0.15, 0.2) is 4.99 Å². The van der Waals surface area contributed by atoms with Crippen LogP contribution in [0.2, 0.25) is 0 Å². The van der Waals surface area contributed by atoms with Gasteiger partial charge in [0.2, 0.25) is 0 Å². The summed E-state index contributed by atoms with van der Waals surface area (Å²) in [5.41, 5.74) is 0. The molecule has 128 valence electrons. The minimum absolute atomic E-state index is 0. The first kappa shape index (κ1) is 18.6. The Bertz CT molecular complexity index is 369. The molecule has 0 amide bonds. The molecule has 2 atom stereocenters. The molecule has 2 aliphatic heterocycles. The highest BCUT2D eigenvalue weighted by atomic mass is 127. The normalized spacial score (nSPS) is 30.9. The molecular formula is C16H31IN4S. The lowest BCUT2D eigenvalue weighted by Crippen LogP contribution is -2.46. The Morgan fingerprint density at radius 1 is 1.23 bits per heavy atom. The zero-order chi connectivity index (χ0) is 14.7. The second-order valence-electron chi connectivity index (χ2n) is 6.86. The predicted molar refractivity (Wildman–Crippen MR) is 108 cm³/mol. The van der Waals surface area contributed by atoms with Crippen LogP contribution in [0.4, 0.5) is 0 Å². The zero-order valence-electron chi connectivity index (χ0n) is 13.9. The summed E-state index contributed by atoms with van der Waals surface area (Å²) in [5.74, 6) is 4.49. The van der Waals surface area contributed by atoms with Crippen LogP contribution >= 0.6 is 35.7 Å². The zero-order valence-corrected chi connectivity index (χ0v) is 17.0. The van der Waals surface area contributed by atoms with Gasteiger partial charge in [-0.2, -0.15) is 11.8 Å². The third-order valence-corrected chi connectivity index (χ3v) is 6.15. The monoisotopic (exact) mass is 438 g/mol. The smallest absolute Gasteiger partial charge is 0.191 e. The summed E-state index contributed by atoms with van der Waals surface area (Å²) in [6.45, 7) is 4.64. The molecule has 1 saturated carbocycles. The van der Waals surface area contributed by atoms with E-state index in [1.54, 1.807) is 0 Å². The molecule has 2 unspecified atom stereocenters.